The van der Waals surface area contributed by atoms with Gasteiger partial charge in [0.25, 0.3) is 5.91 Å². The molecular weight excluding hydrogens is 308 g/mol. The summed E-state index contributed by atoms with van der Waals surface area (Å²) in [5, 5.41) is 12.3. The Labute approximate surface area is 134 Å². The van der Waals surface area contributed by atoms with Crippen LogP contribution in [0.15, 0.2) is 24.3 Å². The first-order chi connectivity index (χ1) is 10.6. The molecule has 0 saturated carbocycles. The maximum atomic E-state index is 12.6. The van der Waals surface area contributed by atoms with Crippen LogP contribution in [0.25, 0.3) is 0 Å². The fourth-order valence-electron chi connectivity index (χ4n) is 2.46. The highest BCUT2D eigenvalue weighted by Gasteiger charge is 2.38. The van der Waals surface area contributed by atoms with Gasteiger partial charge in [-0.2, -0.15) is 0 Å². The minimum absolute atomic E-state index is 0.130. The van der Waals surface area contributed by atoms with Gasteiger partial charge in [-0.15, -0.1) is 0 Å². The molecule has 0 bridgehead atoms. The Morgan fingerprint density at radius 3 is 2.86 bits per heavy atom. The lowest BCUT2D eigenvalue weighted by Crippen LogP contribution is -2.53. The molecule has 1 aromatic rings. The van der Waals surface area contributed by atoms with Crippen LogP contribution in [-0.2, 0) is 14.3 Å². The first kappa shape index (κ1) is 16.7. The fraction of sp³-hybridized carbons (Fsp3) is 0.467. The first-order valence-electron chi connectivity index (χ1n) is 7.13. The number of morpholine rings is 1. The maximum absolute atomic E-state index is 12.6. The van der Waals surface area contributed by atoms with Crippen LogP contribution in [0.2, 0.25) is 5.02 Å². The Kier molecular flexibility index (Phi) is 5.76. The van der Waals surface area contributed by atoms with Crippen molar-refractivity contribution in [3.05, 3.63) is 34.9 Å². The van der Waals surface area contributed by atoms with Gasteiger partial charge < -0.3 is 20.1 Å². The molecule has 1 aliphatic heterocycles. The van der Waals surface area contributed by atoms with Crippen LogP contribution in [0.4, 0.5) is 0 Å². The second-order valence-electron chi connectivity index (χ2n) is 4.94. The van der Waals surface area contributed by atoms with Crippen molar-refractivity contribution in [3.63, 3.8) is 0 Å². The normalized spacial score (nSPS) is 21.3. The van der Waals surface area contributed by atoms with Crippen molar-refractivity contribution in [2.45, 2.75) is 19.1 Å². The smallest absolute Gasteiger partial charge is 0.254 e. The molecule has 2 atom stereocenters. The van der Waals surface area contributed by atoms with E-state index in [1.807, 2.05) is 6.92 Å². The number of nitrogens with one attached hydrogen (secondary N) is 1. The van der Waals surface area contributed by atoms with Gasteiger partial charge in [0.1, 0.15) is 6.61 Å². The minimum atomic E-state index is -0.857. The summed E-state index contributed by atoms with van der Waals surface area (Å²) in [7, 11) is 0. The topological polar surface area (TPSA) is 78.9 Å². The SMILES string of the molecule is CCN(CCO)C(=O)[C@H]1OCC(=O)N[C@@H]1c1ccccc1Cl. The van der Waals surface area contributed by atoms with E-state index in [2.05, 4.69) is 5.32 Å². The number of benzene rings is 1. The molecule has 0 aliphatic carbocycles. The van der Waals surface area contributed by atoms with Crippen LogP contribution in [0.5, 0.6) is 0 Å². The number of hydrogen-bond donors (Lipinski definition) is 2. The number of nitrogens with zero attached hydrogens (tertiary/aromatic N) is 1. The van der Waals surface area contributed by atoms with E-state index in [9.17, 15) is 9.59 Å². The van der Waals surface area contributed by atoms with Crippen molar-refractivity contribution < 1.29 is 19.4 Å². The van der Waals surface area contributed by atoms with Gasteiger partial charge in [-0.25, -0.2) is 0 Å². The molecule has 0 unspecified atom stereocenters. The highest BCUT2D eigenvalue weighted by atomic mass is 35.5. The van der Waals surface area contributed by atoms with Crippen molar-refractivity contribution >= 4 is 23.4 Å². The van der Waals surface area contributed by atoms with Crippen LogP contribution < -0.4 is 5.32 Å². The van der Waals surface area contributed by atoms with Gasteiger partial charge in [0.05, 0.1) is 12.6 Å². The van der Waals surface area contributed by atoms with Crippen molar-refractivity contribution in [2.75, 3.05) is 26.3 Å². The summed E-state index contributed by atoms with van der Waals surface area (Å²) >= 11 is 6.18. The zero-order valence-corrected chi connectivity index (χ0v) is 13.0. The molecule has 1 saturated heterocycles. The molecule has 0 aromatic heterocycles. The van der Waals surface area contributed by atoms with Crippen molar-refractivity contribution in [2.24, 2.45) is 0 Å². The summed E-state index contributed by atoms with van der Waals surface area (Å²) < 4.78 is 5.46. The molecule has 2 rings (SSSR count). The molecule has 0 radical (unpaired) electrons. The van der Waals surface area contributed by atoms with Gasteiger partial charge in [0.2, 0.25) is 5.91 Å². The number of hydrogen-bond acceptors (Lipinski definition) is 4. The molecule has 1 aromatic carbocycles. The second kappa shape index (κ2) is 7.58. The summed E-state index contributed by atoms with van der Waals surface area (Å²) in [5.74, 6) is -0.569. The zero-order chi connectivity index (χ0) is 16.1. The number of ether oxygens (including phenoxy) is 1. The van der Waals surface area contributed by atoms with E-state index >= 15 is 0 Å². The Balaban J connectivity index is 2.29. The molecule has 2 N–H and O–H groups in total. The number of halogens is 1. The highest BCUT2D eigenvalue weighted by Crippen LogP contribution is 2.29. The summed E-state index contributed by atoms with van der Waals surface area (Å²) in [6.07, 6.45) is -0.857. The zero-order valence-electron chi connectivity index (χ0n) is 12.3. The predicted molar refractivity (Wildman–Crippen MR) is 81.4 cm³/mol. The van der Waals surface area contributed by atoms with Gasteiger partial charge in [-0.3, -0.25) is 9.59 Å². The molecule has 1 heterocycles. The lowest BCUT2D eigenvalue weighted by atomic mass is 9.98. The number of carbonyl (C=O) groups is 2. The van der Waals surface area contributed by atoms with Crippen LogP contribution >= 0.6 is 11.6 Å². The summed E-state index contributed by atoms with van der Waals surface area (Å²) in [5.41, 5.74) is 0.635. The fourth-order valence-corrected chi connectivity index (χ4v) is 2.71. The van der Waals surface area contributed by atoms with Gasteiger partial charge in [0, 0.05) is 18.1 Å². The monoisotopic (exact) mass is 326 g/mol. The largest absolute Gasteiger partial charge is 0.395 e. The molecule has 2 amide bonds. The van der Waals surface area contributed by atoms with Crippen molar-refractivity contribution in [1.82, 2.24) is 10.2 Å². The highest BCUT2D eigenvalue weighted by molar-refractivity contribution is 6.31. The number of aliphatic hydroxyl groups is 1. The predicted octanol–water partition coefficient (Wildman–Crippen LogP) is 0.737. The van der Waals surface area contributed by atoms with Crippen LogP contribution in [-0.4, -0.2) is 54.2 Å². The molecule has 1 aliphatic rings. The Morgan fingerprint density at radius 2 is 2.23 bits per heavy atom. The van der Waals surface area contributed by atoms with Gasteiger partial charge in [-0.05, 0) is 18.6 Å². The summed E-state index contributed by atoms with van der Waals surface area (Å²) in [6.45, 7) is 2.18. The van der Waals surface area contributed by atoms with Gasteiger partial charge in [-0.1, -0.05) is 29.8 Å². The molecule has 7 heteroatoms. The molecule has 120 valence electrons. The van der Waals surface area contributed by atoms with Gasteiger partial charge in [0.15, 0.2) is 6.10 Å². The van der Waals surface area contributed by atoms with Crippen LogP contribution in [0.3, 0.4) is 0 Å². The first-order valence-corrected chi connectivity index (χ1v) is 7.51. The number of rotatable bonds is 5. The van der Waals surface area contributed by atoms with Crippen molar-refractivity contribution in [1.29, 1.82) is 0 Å². The number of amides is 2. The van der Waals surface area contributed by atoms with Crippen LogP contribution in [0, 0.1) is 0 Å². The third kappa shape index (κ3) is 3.58. The number of aliphatic hydroxyl groups excluding tert-OH is 1. The molecular formula is C15H19ClN2O4. The van der Waals surface area contributed by atoms with E-state index in [1.54, 1.807) is 24.3 Å². The van der Waals surface area contributed by atoms with Gasteiger partial charge >= 0.3 is 0 Å². The quantitative estimate of drug-likeness (QED) is 0.836. The molecule has 1 fully saturated rings. The van der Waals surface area contributed by atoms with E-state index in [-0.39, 0.29) is 31.6 Å². The van der Waals surface area contributed by atoms with E-state index < -0.39 is 12.1 Å². The lowest BCUT2D eigenvalue weighted by molar-refractivity contribution is -0.155. The molecule has 0 spiro atoms. The Hall–Kier alpha value is -1.63. The third-order valence-corrected chi connectivity index (χ3v) is 3.90. The molecule has 6 nitrogen and oxygen atoms in total. The summed E-state index contributed by atoms with van der Waals surface area (Å²) in [6, 6.07) is 6.37. The van der Waals surface area contributed by atoms with E-state index in [4.69, 9.17) is 21.4 Å². The summed E-state index contributed by atoms with van der Waals surface area (Å²) in [4.78, 5) is 25.8. The third-order valence-electron chi connectivity index (χ3n) is 3.56. The lowest BCUT2D eigenvalue weighted by Gasteiger charge is -2.35. The maximum Gasteiger partial charge on any atom is 0.254 e. The van der Waals surface area contributed by atoms with Crippen molar-refractivity contribution in [3.8, 4) is 0 Å². The Morgan fingerprint density at radius 1 is 1.50 bits per heavy atom. The van der Waals surface area contributed by atoms with E-state index in [0.29, 0.717) is 17.1 Å². The Bertz CT molecular complexity index is 552. The minimum Gasteiger partial charge on any atom is -0.395 e. The molecule has 22 heavy (non-hydrogen) atoms. The second-order valence-corrected chi connectivity index (χ2v) is 5.35. The number of carbonyl (C=O) groups excluding carboxylic acids is 2. The number of likely N-dealkylation sites (N-methyl/N-ethyl adjacent to an activating group) is 1. The van der Waals surface area contributed by atoms with Crippen LogP contribution in [0.1, 0.15) is 18.5 Å². The average Bonchev–Trinajstić information content (AvgIpc) is 2.52. The average molecular weight is 327 g/mol. The van der Waals surface area contributed by atoms with E-state index in [1.165, 1.54) is 4.90 Å². The van der Waals surface area contributed by atoms with E-state index in [0.717, 1.165) is 0 Å². The standard InChI is InChI=1S/C15H19ClN2O4/c1-2-18(7-8-19)15(21)14-13(17-12(20)9-22-14)10-5-3-4-6-11(10)16/h3-6,13-14,19H,2,7-9H2,1H3,(H,17,20)/t13-,14+/m1/s1.